The molecule has 2 amide bonds. The molecule has 1 unspecified atom stereocenters. The molecule has 0 spiro atoms. The van der Waals surface area contributed by atoms with Gasteiger partial charge in [0.1, 0.15) is 12.7 Å². The number of amides is 2. The van der Waals surface area contributed by atoms with Crippen LogP contribution < -0.4 is 5.32 Å². The van der Waals surface area contributed by atoms with E-state index in [-0.39, 0.29) is 12.1 Å². The first-order chi connectivity index (χ1) is 12.6. The van der Waals surface area contributed by atoms with E-state index >= 15 is 0 Å². The first kappa shape index (κ1) is 17.6. The fraction of sp³-hybridized carbons (Fsp3) is 0.263. The summed E-state index contributed by atoms with van der Waals surface area (Å²) >= 11 is 0. The molecule has 1 aromatic carbocycles. The second kappa shape index (κ2) is 8.24. The Morgan fingerprint density at radius 1 is 1.23 bits per heavy atom. The number of carbonyl (C=O) groups excluding carboxylic acids is 1. The average molecular weight is 350 g/mol. The Morgan fingerprint density at radius 2 is 2.04 bits per heavy atom. The van der Waals surface area contributed by atoms with Crippen molar-refractivity contribution in [3.05, 3.63) is 72.6 Å². The van der Waals surface area contributed by atoms with Crippen molar-refractivity contribution in [2.75, 3.05) is 13.6 Å². The fourth-order valence-electron chi connectivity index (χ4n) is 2.63. The van der Waals surface area contributed by atoms with Crippen LogP contribution in [-0.2, 0) is 6.42 Å². The summed E-state index contributed by atoms with van der Waals surface area (Å²) < 4.78 is 1.70. The average Bonchev–Trinajstić information content (AvgIpc) is 3.22. The van der Waals surface area contributed by atoms with Crippen LogP contribution >= 0.6 is 0 Å². The molecule has 26 heavy (non-hydrogen) atoms. The lowest BCUT2D eigenvalue weighted by Crippen LogP contribution is -2.39. The van der Waals surface area contributed by atoms with E-state index in [0.717, 1.165) is 23.2 Å². The van der Waals surface area contributed by atoms with Crippen LogP contribution in [0.1, 0.15) is 24.1 Å². The maximum atomic E-state index is 12.4. The SMILES string of the molecule is CC(c1ccc(-n2cncn2)cc1)N(C)C(=O)NCCc1cccnc1. The monoisotopic (exact) mass is 350 g/mol. The summed E-state index contributed by atoms with van der Waals surface area (Å²) in [6.07, 6.45) is 7.47. The van der Waals surface area contributed by atoms with Gasteiger partial charge in [-0.3, -0.25) is 4.98 Å². The van der Waals surface area contributed by atoms with E-state index < -0.39 is 0 Å². The number of hydrogen-bond acceptors (Lipinski definition) is 4. The molecule has 0 radical (unpaired) electrons. The highest BCUT2D eigenvalue weighted by Crippen LogP contribution is 2.20. The lowest BCUT2D eigenvalue weighted by molar-refractivity contribution is 0.194. The molecule has 0 saturated heterocycles. The van der Waals surface area contributed by atoms with E-state index in [0.29, 0.717) is 6.54 Å². The highest BCUT2D eigenvalue weighted by atomic mass is 16.2. The van der Waals surface area contributed by atoms with Gasteiger partial charge in [0.05, 0.1) is 11.7 Å². The number of benzene rings is 1. The predicted molar refractivity (Wildman–Crippen MR) is 98.9 cm³/mol. The molecule has 0 aliphatic rings. The van der Waals surface area contributed by atoms with E-state index in [1.807, 2.05) is 49.5 Å². The lowest BCUT2D eigenvalue weighted by atomic mass is 10.1. The molecule has 3 aromatic rings. The van der Waals surface area contributed by atoms with Crippen LogP contribution in [0.3, 0.4) is 0 Å². The number of nitrogens with one attached hydrogen (secondary N) is 1. The summed E-state index contributed by atoms with van der Waals surface area (Å²) in [5.74, 6) is 0. The second-order valence-corrected chi connectivity index (χ2v) is 6.06. The quantitative estimate of drug-likeness (QED) is 0.741. The van der Waals surface area contributed by atoms with Crippen molar-refractivity contribution in [3.8, 4) is 5.69 Å². The Morgan fingerprint density at radius 3 is 2.69 bits per heavy atom. The Hall–Kier alpha value is -3.22. The van der Waals surface area contributed by atoms with Crippen LogP contribution in [0.5, 0.6) is 0 Å². The highest BCUT2D eigenvalue weighted by molar-refractivity contribution is 5.74. The Balaban J connectivity index is 1.54. The summed E-state index contributed by atoms with van der Waals surface area (Å²) in [5.41, 5.74) is 3.09. The van der Waals surface area contributed by atoms with Crippen molar-refractivity contribution in [1.82, 2.24) is 30.0 Å². The molecule has 0 bridgehead atoms. The van der Waals surface area contributed by atoms with Gasteiger partial charge in [-0.1, -0.05) is 18.2 Å². The molecule has 0 saturated carbocycles. The number of aromatic nitrogens is 4. The van der Waals surface area contributed by atoms with E-state index in [4.69, 9.17) is 0 Å². The van der Waals surface area contributed by atoms with Crippen molar-refractivity contribution < 1.29 is 4.79 Å². The molecule has 0 fully saturated rings. The minimum absolute atomic E-state index is 0.0433. The third-order valence-corrected chi connectivity index (χ3v) is 4.37. The van der Waals surface area contributed by atoms with Crippen molar-refractivity contribution >= 4 is 6.03 Å². The predicted octanol–water partition coefficient (Wildman–Crippen LogP) is 2.61. The Bertz CT molecular complexity index is 817. The van der Waals surface area contributed by atoms with Crippen molar-refractivity contribution in [2.45, 2.75) is 19.4 Å². The Labute approximate surface area is 152 Å². The van der Waals surface area contributed by atoms with E-state index in [9.17, 15) is 4.79 Å². The number of rotatable bonds is 6. The first-order valence-electron chi connectivity index (χ1n) is 8.49. The van der Waals surface area contributed by atoms with Gasteiger partial charge in [0.15, 0.2) is 0 Å². The number of pyridine rings is 1. The molecular formula is C19H22N6O. The summed E-state index contributed by atoms with van der Waals surface area (Å²) in [6.45, 7) is 2.58. The van der Waals surface area contributed by atoms with E-state index in [2.05, 4.69) is 20.4 Å². The summed E-state index contributed by atoms with van der Waals surface area (Å²) in [4.78, 5) is 22.1. The van der Waals surface area contributed by atoms with Gasteiger partial charge in [0.2, 0.25) is 0 Å². The standard InChI is InChI=1S/C19H22N6O/c1-15(17-5-7-18(8-6-17)25-14-21-13-23-25)24(2)19(26)22-11-9-16-4-3-10-20-12-16/h3-8,10,12-15H,9,11H2,1-2H3,(H,22,26). The number of urea groups is 1. The van der Waals surface area contributed by atoms with Gasteiger partial charge in [-0.2, -0.15) is 5.10 Å². The zero-order valence-corrected chi connectivity index (χ0v) is 14.9. The summed E-state index contributed by atoms with van der Waals surface area (Å²) in [6, 6.07) is 11.7. The van der Waals surface area contributed by atoms with E-state index in [1.54, 1.807) is 29.2 Å². The maximum Gasteiger partial charge on any atom is 0.317 e. The van der Waals surface area contributed by atoms with Gasteiger partial charge in [0, 0.05) is 26.0 Å². The zero-order valence-electron chi connectivity index (χ0n) is 14.9. The van der Waals surface area contributed by atoms with Gasteiger partial charge >= 0.3 is 6.03 Å². The highest BCUT2D eigenvalue weighted by Gasteiger charge is 2.17. The topological polar surface area (TPSA) is 75.9 Å². The summed E-state index contributed by atoms with van der Waals surface area (Å²) in [5, 5.41) is 7.06. The molecule has 1 N–H and O–H groups in total. The molecule has 7 heteroatoms. The lowest BCUT2D eigenvalue weighted by Gasteiger charge is -2.25. The molecule has 0 aliphatic heterocycles. The number of hydrogen-bond donors (Lipinski definition) is 1. The molecular weight excluding hydrogens is 328 g/mol. The van der Waals surface area contributed by atoms with Crippen LogP contribution in [0.25, 0.3) is 5.69 Å². The van der Waals surface area contributed by atoms with Gasteiger partial charge in [-0.15, -0.1) is 0 Å². The van der Waals surface area contributed by atoms with Crippen LogP contribution in [0, 0.1) is 0 Å². The number of nitrogens with zero attached hydrogens (tertiary/aromatic N) is 5. The van der Waals surface area contributed by atoms with Crippen molar-refractivity contribution in [1.29, 1.82) is 0 Å². The van der Waals surface area contributed by atoms with Gasteiger partial charge in [-0.05, 0) is 42.7 Å². The van der Waals surface area contributed by atoms with Gasteiger partial charge < -0.3 is 10.2 Å². The van der Waals surface area contributed by atoms with Crippen LogP contribution in [0.2, 0.25) is 0 Å². The van der Waals surface area contributed by atoms with Crippen molar-refractivity contribution in [3.63, 3.8) is 0 Å². The van der Waals surface area contributed by atoms with Crippen molar-refractivity contribution in [2.24, 2.45) is 0 Å². The molecule has 3 rings (SSSR count). The third kappa shape index (κ3) is 4.24. The Kier molecular flexibility index (Phi) is 5.58. The minimum atomic E-state index is -0.0956. The third-order valence-electron chi connectivity index (χ3n) is 4.37. The van der Waals surface area contributed by atoms with Crippen LogP contribution in [0.15, 0.2) is 61.4 Å². The maximum absolute atomic E-state index is 12.4. The largest absolute Gasteiger partial charge is 0.338 e. The molecule has 2 aromatic heterocycles. The first-order valence-corrected chi connectivity index (χ1v) is 8.49. The molecule has 2 heterocycles. The molecule has 1 atom stereocenters. The molecule has 0 aliphatic carbocycles. The van der Waals surface area contributed by atoms with Gasteiger partial charge in [-0.25, -0.2) is 14.5 Å². The van der Waals surface area contributed by atoms with E-state index in [1.165, 1.54) is 6.33 Å². The summed E-state index contributed by atoms with van der Waals surface area (Å²) in [7, 11) is 1.80. The minimum Gasteiger partial charge on any atom is -0.338 e. The molecule has 7 nitrogen and oxygen atoms in total. The molecule has 134 valence electrons. The van der Waals surface area contributed by atoms with Crippen LogP contribution in [0.4, 0.5) is 4.79 Å². The smallest absolute Gasteiger partial charge is 0.317 e. The fourth-order valence-corrected chi connectivity index (χ4v) is 2.63. The van der Waals surface area contributed by atoms with Crippen LogP contribution in [-0.4, -0.2) is 44.3 Å². The number of carbonyl (C=O) groups is 1. The van der Waals surface area contributed by atoms with Gasteiger partial charge in [0.25, 0.3) is 0 Å². The normalized spacial score (nSPS) is 11.8. The zero-order chi connectivity index (χ0) is 18.4. The second-order valence-electron chi connectivity index (χ2n) is 6.06.